The van der Waals surface area contributed by atoms with Crippen LogP contribution in [-0.4, -0.2) is 11.1 Å². The summed E-state index contributed by atoms with van der Waals surface area (Å²) in [6, 6.07) is 14.2. The second-order valence-electron chi connectivity index (χ2n) is 4.58. The van der Waals surface area contributed by atoms with Gasteiger partial charge in [0.25, 0.3) is 5.91 Å². The van der Waals surface area contributed by atoms with Crippen LogP contribution in [0, 0.1) is 0 Å². The lowest BCUT2D eigenvalue weighted by atomic mass is 10.1. The van der Waals surface area contributed by atoms with Gasteiger partial charge in [0, 0.05) is 10.4 Å². The zero-order chi connectivity index (χ0) is 15.7. The second-order valence-corrected chi connectivity index (χ2v) is 5.02. The Kier molecular flexibility index (Phi) is 3.66. The number of rotatable bonds is 2. The van der Waals surface area contributed by atoms with Gasteiger partial charge < -0.3 is 4.42 Å². The van der Waals surface area contributed by atoms with Crippen molar-refractivity contribution in [2.75, 3.05) is 5.06 Å². The van der Waals surface area contributed by atoms with Crippen LogP contribution in [0.2, 0.25) is 5.02 Å². The summed E-state index contributed by atoms with van der Waals surface area (Å²) < 4.78 is 5.08. The van der Waals surface area contributed by atoms with Crippen LogP contribution in [0.25, 0.3) is 11.0 Å². The van der Waals surface area contributed by atoms with Crippen molar-refractivity contribution in [1.29, 1.82) is 0 Å². The molecule has 0 fully saturated rings. The van der Waals surface area contributed by atoms with Crippen molar-refractivity contribution in [3.05, 3.63) is 75.6 Å². The van der Waals surface area contributed by atoms with Crippen molar-refractivity contribution >= 4 is 34.2 Å². The van der Waals surface area contributed by atoms with Gasteiger partial charge in [-0.1, -0.05) is 29.8 Å². The molecule has 3 rings (SSSR count). The van der Waals surface area contributed by atoms with Crippen molar-refractivity contribution in [3.8, 4) is 0 Å². The summed E-state index contributed by atoms with van der Waals surface area (Å²) in [5, 5.41) is 11.4. The molecule has 110 valence electrons. The SMILES string of the molecule is O=C(c1cc2ccccc2oc1=O)N(O)c1ccc(Cl)cc1. The summed E-state index contributed by atoms with van der Waals surface area (Å²) in [5.41, 5.74) is -0.491. The minimum absolute atomic E-state index is 0.196. The number of halogens is 1. The molecular weight excluding hydrogens is 306 g/mol. The maximum absolute atomic E-state index is 12.3. The highest BCUT2D eigenvalue weighted by molar-refractivity contribution is 6.30. The molecule has 0 spiro atoms. The summed E-state index contributed by atoms with van der Waals surface area (Å²) in [7, 11) is 0. The van der Waals surface area contributed by atoms with Gasteiger partial charge in [0.15, 0.2) is 0 Å². The Labute approximate surface area is 129 Å². The number of amides is 1. The fourth-order valence-corrected chi connectivity index (χ4v) is 2.15. The molecule has 0 radical (unpaired) electrons. The Balaban J connectivity index is 2.02. The normalized spacial score (nSPS) is 10.6. The zero-order valence-corrected chi connectivity index (χ0v) is 11.9. The number of fused-ring (bicyclic) bond motifs is 1. The minimum Gasteiger partial charge on any atom is -0.422 e. The van der Waals surface area contributed by atoms with Gasteiger partial charge in [-0.2, -0.15) is 5.06 Å². The molecule has 0 aliphatic rings. The van der Waals surface area contributed by atoms with E-state index in [9.17, 15) is 14.8 Å². The molecule has 22 heavy (non-hydrogen) atoms. The Morgan fingerprint density at radius 3 is 2.50 bits per heavy atom. The Morgan fingerprint density at radius 1 is 1.09 bits per heavy atom. The van der Waals surface area contributed by atoms with Crippen molar-refractivity contribution in [1.82, 2.24) is 0 Å². The van der Waals surface area contributed by atoms with Gasteiger partial charge in [-0.25, -0.2) is 4.79 Å². The van der Waals surface area contributed by atoms with E-state index in [1.807, 2.05) is 0 Å². The van der Waals surface area contributed by atoms with Gasteiger partial charge in [0.1, 0.15) is 11.1 Å². The number of hydroxylamine groups is 1. The number of nitrogens with zero attached hydrogens (tertiary/aromatic N) is 1. The average molecular weight is 316 g/mol. The van der Waals surface area contributed by atoms with E-state index in [4.69, 9.17) is 16.0 Å². The van der Waals surface area contributed by atoms with Crippen molar-refractivity contribution in [2.24, 2.45) is 0 Å². The number of carbonyl (C=O) groups is 1. The first-order valence-electron chi connectivity index (χ1n) is 6.38. The summed E-state index contributed by atoms with van der Waals surface area (Å²) >= 11 is 5.75. The van der Waals surface area contributed by atoms with E-state index in [2.05, 4.69) is 0 Å². The summed E-state index contributed by atoms with van der Waals surface area (Å²) in [4.78, 5) is 24.2. The number of para-hydroxylation sites is 1. The topological polar surface area (TPSA) is 70.8 Å². The Hall–Kier alpha value is -2.63. The fourth-order valence-electron chi connectivity index (χ4n) is 2.02. The van der Waals surface area contributed by atoms with E-state index in [-0.39, 0.29) is 11.3 Å². The fraction of sp³-hybridized carbons (Fsp3) is 0. The molecule has 0 atom stereocenters. The van der Waals surface area contributed by atoms with Gasteiger partial charge in [-0.05, 0) is 36.4 Å². The van der Waals surface area contributed by atoms with Gasteiger partial charge in [0.05, 0.1) is 5.69 Å². The van der Waals surface area contributed by atoms with Gasteiger partial charge in [0.2, 0.25) is 0 Å². The molecule has 0 aliphatic heterocycles. The first-order chi connectivity index (χ1) is 10.6. The quantitative estimate of drug-likeness (QED) is 0.446. The van der Waals surface area contributed by atoms with Crippen LogP contribution < -0.4 is 10.7 Å². The Bertz CT molecular complexity index is 902. The molecule has 0 unspecified atom stereocenters. The van der Waals surface area contributed by atoms with Gasteiger partial charge >= 0.3 is 5.63 Å². The molecule has 6 heteroatoms. The Morgan fingerprint density at radius 2 is 1.77 bits per heavy atom. The number of hydrogen-bond acceptors (Lipinski definition) is 4. The predicted octanol–water partition coefficient (Wildman–Crippen LogP) is 3.48. The number of carbonyl (C=O) groups excluding carboxylic acids is 1. The lowest BCUT2D eigenvalue weighted by Crippen LogP contribution is -2.31. The molecule has 3 aromatic rings. The number of hydrogen-bond donors (Lipinski definition) is 1. The minimum atomic E-state index is -0.873. The largest absolute Gasteiger partial charge is 0.422 e. The van der Waals surface area contributed by atoms with Crippen LogP contribution in [0.3, 0.4) is 0 Å². The monoisotopic (exact) mass is 315 g/mol. The van der Waals surface area contributed by atoms with Crippen LogP contribution in [0.15, 0.2) is 63.8 Å². The lowest BCUT2D eigenvalue weighted by molar-refractivity contribution is 0.0851. The van der Waals surface area contributed by atoms with Crippen molar-refractivity contribution in [2.45, 2.75) is 0 Å². The number of benzene rings is 2. The predicted molar refractivity (Wildman–Crippen MR) is 82.5 cm³/mol. The highest BCUT2D eigenvalue weighted by Gasteiger charge is 2.20. The molecule has 0 saturated carbocycles. The highest BCUT2D eigenvalue weighted by atomic mass is 35.5. The zero-order valence-electron chi connectivity index (χ0n) is 11.2. The van der Waals surface area contributed by atoms with E-state index in [1.165, 1.54) is 30.3 Å². The van der Waals surface area contributed by atoms with E-state index in [1.54, 1.807) is 24.3 Å². The first-order valence-corrected chi connectivity index (χ1v) is 6.76. The molecule has 1 N–H and O–H groups in total. The van der Waals surface area contributed by atoms with Gasteiger partial charge in [-0.3, -0.25) is 10.0 Å². The third-order valence-corrected chi connectivity index (χ3v) is 3.39. The van der Waals surface area contributed by atoms with Crippen molar-refractivity contribution < 1.29 is 14.4 Å². The molecule has 0 saturated heterocycles. The first kappa shape index (κ1) is 14.3. The van der Waals surface area contributed by atoms with E-state index < -0.39 is 11.5 Å². The van der Waals surface area contributed by atoms with Crippen LogP contribution in [-0.2, 0) is 0 Å². The molecule has 1 aromatic heterocycles. The summed E-state index contributed by atoms with van der Waals surface area (Å²) in [6.07, 6.45) is 0. The second kappa shape index (κ2) is 5.63. The maximum atomic E-state index is 12.3. The van der Waals surface area contributed by atoms with Crippen LogP contribution >= 0.6 is 11.6 Å². The van der Waals surface area contributed by atoms with E-state index in [0.29, 0.717) is 21.1 Å². The average Bonchev–Trinajstić information content (AvgIpc) is 2.53. The third-order valence-electron chi connectivity index (χ3n) is 3.14. The molecular formula is C16H10ClNO4. The molecule has 1 amide bonds. The van der Waals surface area contributed by atoms with Crippen molar-refractivity contribution in [3.63, 3.8) is 0 Å². The molecule has 0 aliphatic carbocycles. The third kappa shape index (κ3) is 2.59. The van der Waals surface area contributed by atoms with Crippen LogP contribution in [0.4, 0.5) is 5.69 Å². The summed E-state index contributed by atoms with van der Waals surface area (Å²) in [6.45, 7) is 0. The summed E-state index contributed by atoms with van der Waals surface area (Å²) in [5.74, 6) is -0.873. The molecule has 0 bridgehead atoms. The lowest BCUT2D eigenvalue weighted by Gasteiger charge is -2.14. The molecule has 1 heterocycles. The maximum Gasteiger partial charge on any atom is 0.349 e. The number of anilines is 1. The molecule has 5 nitrogen and oxygen atoms in total. The molecule has 2 aromatic carbocycles. The van der Waals surface area contributed by atoms with Crippen LogP contribution in [0.5, 0.6) is 0 Å². The smallest absolute Gasteiger partial charge is 0.349 e. The van der Waals surface area contributed by atoms with Gasteiger partial charge in [-0.15, -0.1) is 0 Å². The highest BCUT2D eigenvalue weighted by Crippen LogP contribution is 2.19. The van der Waals surface area contributed by atoms with Crippen LogP contribution in [0.1, 0.15) is 10.4 Å². The van der Waals surface area contributed by atoms with E-state index >= 15 is 0 Å². The standard InChI is InChI=1S/C16H10ClNO4/c17-11-5-7-12(8-6-11)18(21)15(19)13-9-10-3-1-2-4-14(10)22-16(13)20/h1-9,21H. The van der Waals surface area contributed by atoms with E-state index in [0.717, 1.165) is 0 Å².